The van der Waals surface area contributed by atoms with Crippen LogP contribution < -0.4 is 18.9 Å². The molecule has 3 aromatic carbocycles. The molecule has 0 spiro atoms. The number of hydrogen-bond donors (Lipinski definition) is 1. The van der Waals surface area contributed by atoms with Crippen molar-refractivity contribution in [1.29, 1.82) is 0 Å². The number of hydrazone groups is 1. The zero-order valence-corrected chi connectivity index (χ0v) is 18.8. The van der Waals surface area contributed by atoms with Gasteiger partial charge in [-0.3, -0.25) is 0 Å². The number of ether oxygens (including phenoxy) is 4. The highest BCUT2D eigenvalue weighted by Gasteiger charge is 2.42. The largest absolute Gasteiger partial charge is 0.507 e. The molecular weight excluding hydrogens is 420 g/mol. The predicted molar refractivity (Wildman–Crippen MR) is 124 cm³/mol. The van der Waals surface area contributed by atoms with Gasteiger partial charge in [-0.05, 0) is 43.3 Å². The van der Waals surface area contributed by atoms with Crippen molar-refractivity contribution in [3.63, 3.8) is 0 Å². The molecule has 0 radical (unpaired) electrons. The first-order valence-corrected chi connectivity index (χ1v) is 10.9. The minimum atomic E-state index is -0.508. The van der Waals surface area contributed by atoms with Gasteiger partial charge in [0.1, 0.15) is 5.75 Å². The number of nitrogens with zero attached hydrogens (tertiary/aromatic N) is 2. The van der Waals surface area contributed by atoms with Crippen molar-refractivity contribution < 1.29 is 24.1 Å². The topological polar surface area (TPSA) is 72.8 Å². The molecule has 0 fully saturated rings. The smallest absolute Gasteiger partial charge is 0.214 e. The molecule has 2 atom stereocenters. The van der Waals surface area contributed by atoms with E-state index in [1.54, 1.807) is 26.4 Å². The molecule has 2 aliphatic heterocycles. The first-order valence-electron chi connectivity index (χ1n) is 10.9. The standard InChI is InChI=1S/C26H26N2O5/c1-4-32-22-13-12-16(14-24(22)31-3)26-28-20(18-9-7-11-23(30-2)25(18)33-26)15-19(27-28)17-8-5-6-10-21(17)29/h5-14,20,26,29H,4,15H2,1-3H3. The molecule has 0 bridgehead atoms. The summed E-state index contributed by atoms with van der Waals surface area (Å²) >= 11 is 0. The van der Waals surface area contributed by atoms with E-state index >= 15 is 0 Å². The van der Waals surface area contributed by atoms with E-state index in [-0.39, 0.29) is 11.8 Å². The Kier molecular flexibility index (Phi) is 5.46. The van der Waals surface area contributed by atoms with Gasteiger partial charge in [-0.2, -0.15) is 5.10 Å². The van der Waals surface area contributed by atoms with Gasteiger partial charge in [0.25, 0.3) is 0 Å². The summed E-state index contributed by atoms with van der Waals surface area (Å²) in [7, 11) is 3.26. The molecule has 2 heterocycles. The van der Waals surface area contributed by atoms with Crippen LogP contribution in [0.15, 0.2) is 65.8 Å². The highest BCUT2D eigenvalue weighted by molar-refractivity contribution is 6.04. The second-order valence-electron chi connectivity index (χ2n) is 7.86. The predicted octanol–water partition coefficient (Wildman–Crippen LogP) is 5.05. The Morgan fingerprint density at radius 3 is 2.58 bits per heavy atom. The summed E-state index contributed by atoms with van der Waals surface area (Å²) in [5, 5.41) is 17.3. The van der Waals surface area contributed by atoms with Gasteiger partial charge in [0.2, 0.25) is 6.23 Å². The quantitative estimate of drug-likeness (QED) is 0.571. The van der Waals surface area contributed by atoms with Crippen LogP contribution in [-0.2, 0) is 0 Å². The Labute approximate surface area is 192 Å². The van der Waals surface area contributed by atoms with E-state index in [1.165, 1.54) is 0 Å². The Bertz CT molecular complexity index is 1210. The van der Waals surface area contributed by atoms with Crippen LogP contribution in [0, 0.1) is 0 Å². The number of phenolic OH excluding ortho intramolecular Hbond substituents is 1. The van der Waals surface area contributed by atoms with Gasteiger partial charge in [0.15, 0.2) is 23.0 Å². The van der Waals surface area contributed by atoms with Crippen molar-refractivity contribution in [2.75, 3.05) is 20.8 Å². The zero-order chi connectivity index (χ0) is 22.9. The molecule has 7 heteroatoms. The van der Waals surface area contributed by atoms with Crippen molar-refractivity contribution in [3.05, 3.63) is 77.4 Å². The second kappa shape index (κ2) is 8.58. The van der Waals surface area contributed by atoms with Crippen LogP contribution in [0.4, 0.5) is 0 Å². The molecule has 0 saturated carbocycles. The molecule has 33 heavy (non-hydrogen) atoms. The Morgan fingerprint density at radius 1 is 1.00 bits per heavy atom. The maximum Gasteiger partial charge on any atom is 0.214 e. The molecule has 2 unspecified atom stereocenters. The SMILES string of the molecule is CCOc1ccc(C2Oc3c(OC)cccc3C3CC(c4ccccc4O)=NN32)cc1OC. The lowest BCUT2D eigenvalue weighted by molar-refractivity contribution is -0.0210. The number of aromatic hydroxyl groups is 1. The molecule has 5 rings (SSSR count). The number of hydrogen-bond acceptors (Lipinski definition) is 7. The first-order chi connectivity index (χ1) is 16.1. The summed E-state index contributed by atoms with van der Waals surface area (Å²) in [4.78, 5) is 0. The maximum absolute atomic E-state index is 10.4. The van der Waals surface area contributed by atoms with Crippen LogP contribution in [0.1, 0.15) is 42.3 Å². The maximum atomic E-state index is 10.4. The lowest BCUT2D eigenvalue weighted by Crippen LogP contribution is -2.33. The van der Waals surface area contributed by atoms with E-state index in [9.17, 15) is 5.11 Å². The fraction of sp³-hybridized carbons (Fsp3) is 0.269. The fourth-order valence-electron chi connectivity index (χ4n) is 4.46. The Balaban J connectivity index is 1.62. The molecule has 2 aliphatic rings. The monoisotopic (exact) mass is 446 g/mol. The van der Waals surface area contributed by atoms with Crippen molar-refractivity contribution in [1.82, 2.24) is 5.01 Å². The molecular formula is C26H26N2O5. The number of phenols is 1. The highest BCUT2D eigenvalue weighted by Crippen LogP contribution is 2.51. The van der Waals surface area contributed by atoms with Crippen molar-refractivity contribution in [2.24, 2.45) is 5.10 Å². The molecule has 7 nitrogen and oxygen atoms in total. The molecule has 1 N–H and O–H groups in total. The van der Waals surface area contributed by atoms with E-state index in [0.717, 1.165) is 22.4 Å². The van der Waals surface area contributed by atoms with Crippen LogP contribution >= 0.6 is 0 Å². The van der Waals surface area contributed by atoms with E-state index in [4.69, 9.17) is 24.0 Å². The van der Waals surface area contributed by atoms with Gasteiger partial charge in [-0.15, -0.1) is 0 Å². The summed E-state index contributed by atoms with van der Waals surface area (Å²) in [5.74, 6) is 2.89. The Morgan fingerprint density at radius 2 is 1.82 bits per heavy atom. The number of methoxy groups -OCH3 is 2. The normalized spacial score (nSPS) is 18.6. The van der Waals surface area contributed by atoms with Gasteiger partial charge < -0.3 is 24.1 Å². The van der Waals surface area contributed by atoms with Crippen LogP contribution in [-0.4, -0.2) is 36.7 Å². The van der Waals surface area contributed by atoms with Crippen LogP contribution in [0.2, 0.25) is 0 Å². The summed E-state index contributed by atoms with van der Waals surface area (Å²) < 4.78 is 23.4. The first kappa shape index (κ1) is 21.0. The molecule has 0 saturated heterocycles. The van der Waals surface area contributed by atoms with Crippen LogP contribution in [0.25, 0.3) is 0 Å². The summed E-state index contributed by atoms with van der Waals surface area (Å²) in [5.41, 5.74) is 3.40. The van der Waals surface area contributed by atoms with E-state index < -0.39 is 6.23 Å². The van der Waals surface area contributed by atoms with Crippen molar-refractivity contribution in [2.45, 2.75) is 25.6 Å². The number of benzene rings is 3. The average Bonchev–Trinajstić information content (AvgIpc) is 3.29. The molecule has 0 amide bonds. The van der Waals surface area contributed by atoms with E-state index in [0.29, 0.717) is 36.0 Å². The van der Waals surface area contributed by atoms with E-state index in [2.05, 4.69) is 0 Å². The van der Waals surface area contributed by atoms with Gasteiger partial charge in [0.05, 0.1) is 32.6 Å². The molecule has 0 aromatic heterocycles. The van der Waals surface area contributed by atoms with Gasteiger partial charge in [-0.1, -0.05) is 24.3 Å². The van der Waals surface area contributed by atoms with Crippen LogP contribution in [0.5, 0.6) is 28.7 Å². The number of para-hydroxylation sites is 2. The third-order valence-electron chi connectivity index (χ3n) is 5.99. The average molecular weight is 447 g/mol. The van der Waals surface area contributed by atoms with Gasteiger partial charge in [-0.25, -0.2) is 5.01 Å². The number of fused-ring (bicyclic) bond motifs is 3. The molecule has 3 aromatic rings. The highest BCUT2D eigenvalue weighted by atomic mass is 16.5. The fourth-order valence-corrected chi connectivity index (χ4v) is 4.46. The number of rotatable bonds is 6. The van der Waals surface area contributed by atoms with Crippen LogP contribution in [0.3, 0.4) is 0 Å². The van der Waals surface area contributed by atoms with Gasteiger partial charge in [0, 0.05) is 23.1 Å². The zero-order valence-electron chi connectivity index (χ0n) is 18.8. The third kappa shape index (κ3) is 3.59. The molecule has 170 valence electrons. The van der Waals surface area contributed by atoms with Crippen molar-refractivity contribution >= 4 is 5.71 Å². The minimum Gasteiger partial charge on any atom is -0.507 e. The third-order valence-corrected chi connectivity index (χ3v) is 5.99. The second-order valence-corrected chi connectivity index (χ2v) is 7.86. The Hall–Kier alpha value is -3.87. The summed E-state index contributed by atoms with van der Waals surface area (Å²) in [6, 6.07) is 18.8. The molecule has 0 aliphatic carbocycles. The summed E-state index contributed by atoms with van der Waals surface area (Å²) in [6.45, 7) is 2.48. The van der Waals surface area contributed by atoms with E-state index in [1.807, 2.05) is 60.5 Å². The lowest BCUT2D eigenvalue weighted by Gasteiger charge is -2.38. The van der Waals surface area contributed by atoms with Gasteiger partial charge >= 0.3 is 0 Å². The lowest BCUT2D eigenvalue weighted by atomic mass is 9.95. The minimum absolute atomic E-state index is 0.0685. The summed E-state index contributed by atoms with van der Waals surface area (Å²) in [6.07, 6.45) is 0.123. The van der Waals surface area contributed by atoms with Crippen molar-refractivity contribution in [3.8, 4) is 28.7 Å².